The molecule has 6 heteroatoms. The predicted octanol–water partition coefficient (Wildman–Crippen LogP) is 23.2. The minimum Gasteiger partial charge on any atom is -0.462 e. The summed E-state index contributed by atoms with van der Waals surface area (Å²) < 4.78 is 16.9. The Morgan fingerprint density at radius 1 is 0.263 bits per heavy atom. The molecule has 1 atom stereocenters. The lowest BCUT2D eigenvalue weighted by molar-refractivity contribution is -0.167. The first-order chi connectivity index (χ1) is 39.5. The second-order valence-electron chi connectivity index (χ2n) is 22.0. The van der Waals surface area contributed by atoms with Gasteiger partial charge in [0.25, 0.3) is 0 Å². The maximum Gasteiger partial charge on any atom is 0.306 e. The maximum atomic E-state index is 12.9. The van der Waals surface area contributed by atoms with Gasteiger partial charge in [0.2, 0.25) is 0 Å². The fourth-order valence-electron chi connectivity index (χ4n) is 9.26. The highest BCUT2D eigenvalue weighted by Crippen LogP contribution is 2.16. The Morgan fingerprint density at radius 3 is 0.762 bits per heavy atom. The average molecular weight is 1110 g/mol. The third-order valence-electron chi connectivity index (χ3n) is 14.2. The second-order valence-corrected chi connectivity index (χ2v) is 22.0. The van der Waals surface area contributed by atoms with Crippen LogP contribution in [0.4, 0.5) is 0 Å². The third kappa shape index (κ3) is 64.6. The molecular formula is C74H124O6. The summed E-state index contributed by atoms with van der Waals surface area (Å²) in [6.07, 6.45) is 93.6. The van der Waals surface area contributed by atoms with Crippen LogP contribution in [0.5, 0.6) is 0 Å². The van der Waals surface area contributed by atoms with Crippen LogP contribution in [0, 0.1) is 0 Å². The van der Waals surface area contributed by atoms with Gasteiger partial charge >= 0.3 is 17.9 Å². The van der Waals surface area contributed by atoms with Crippen molar-refractivity contribution < 1.29 is 28.6 Å². The first-order valence-electron chi connectivity index (χ1n) is 33.5. The molecule has 80 heavy (non-hydrogen) atoms. The van der Waals surface area contributed by atoms with Crippen LogP contribution in [-0.2, 0) is 28.6 Å². The first kappa shape index (κ1) is 75.8. The zero-order valence-corrected chi connectivity index (χ0v) is 52.3. The molecule has 0 fully saturated rings. The lowest BCUT2D eigenvalue weighted by atomic mass is 10.0. The van der Waals surface area contributed by atoms with Crippen LogP contribution >= 0.6 is 0 Å². The summed E-state index contributed by atoms with van der Waals surface area (Å²) in [7, 11) is 0. The van der Waals surface area contributed by atoms with Gasteiger partial charge in [-0.05, 0) is 109 Å². The van der Waals surface area contributed by atoms with Crippen molar-refractivity contribution in [3.05, 3.63) is 122 Å². The van der Waals surface area contributed by atoms with E-state index in [2.05, 4.69) is 142 Å². The Labute approximate surface area is 494 Å². The lowest BCUT2D eigenvalue weighted by Crippen LogP contribution is -2.30. The molecule has 1 unspecified atom stereocenters. The minimum atomic E-state index is -0.789. The molecule has 0 heterocycles. The summed E-state index contributed by atoms with van der Waals surface area (Å²) >= 11 is 0. The van der Waals surface area contributed by atoms with Crippen LogP contribution in [0.2, 0.25) is 0 Å². The van der Waals surface area contributed by atoms with Crippen LogP contribution in [-0.4, -0.2) is 37.2 Å². The Morgan fingerprint density at radius 2 is 0.487 bits per heavy atom. The van der Waals surface area contributed by atoms with E-state index >= 15 is 0 Å². The van der Waals surface area contributed by atoms with Crippen molar-refractivity contribution in [3.8, 4) is 0 Å². The third-order valence-corrected chi connectivity index (χ3v) is 14.2. The van der Waals surface area contributed by atoms with E-state index in [0.717, 1.165) is 141 Å². The summed E-state index contributed by atoms with van der Waals surface area (Å²) in [5.74, 6) is -0.897. The van der Waals surface area contributed by atoms with Crippen molar-refractivity contribution in [2.24, 2.45) is 0 Å². The average Bonchev–Trinajstić information content (AvgIpc) is 3.46. The van der Waals surface area contributed by atoms with Crippen LogP contribution in [0.25, 0.3) is 0 Å². The Bertz CT molecular complexity index is 1650. The van der Waals surface area contributed by atoms with Gasteiger partial charge in [-0.3, -0.25) is 14.4 Å². The van der Waals surface area contributed by atoms with E-state index in [-0.39, 0.29) is 31.1 Å². The largest absolute Gasteiger partial charge is 0.462 e. The molecule has 0 aromatic rings. The molecule has 456 valence electrons. The normalized spacial score (nSPS) is 12.9. The van der Waals surface area contributed by atoms with Gasteiger partial charge in [-0.2, -0.15) is 0 Å². The summed E-state index contributed by atoms with van der Waals surface area (Å²) in [4.78, 5) is 38.3. The zero-order valence-electron chi connectivity index (χ0n) is 52.3. The van der Waals surface area contributed by atoms with Crippen molar-refractivity contribution >= 4 is 17.9 Å². The molecule has 0 aliphatic carbocycles. The van der Waals surface area contributed by atoms with Gasteiger partial charge in [-0.1, -0.05) is 303 Å². The molecular weight excluding hydrogens is 985 g/mol. The molecule has 0 aromatic carbocycles. The fourth-order valence-corrected chi connectivity index (χ4v) is 9.26. The predicted molar refractivity (Wildman–Crippen MR) is 348 cm³/mol. The van der Waals surface area contributed by atoms with Crippen LogP contribution in [0.15, 0.2) is 122 Å². The molecule has 0 saturated heterocycles. The molecule has 0 spiro atoms. The second kappa shape index (κ2) is 67.3. The summed E-state index contributed by atoms with van der Waals surface area (Å²) in [5.41, 5.74) is 0. The first-order valence-corrected chi connectivity index (χ1v) is 33.5. The van der Waals surface area contributed by atoms with Gasteiger partial charge in [0.15, 0.2) is 6.10 Å². The molecule has 0 rings (SSSR count). The monoisotopic (exact) mass is 1110 g/mol. The highest BCUT2D eigenvalue weighted by atomic mass is 16.6. The van der Waals surface area contributed by atoms with Crippen LogP contribution in [0.1, 0.15) is 310 Å². The van der Waals surface area contributed by atoms with Crippen LogP contribution in [0.3, 0.4) is 0 Å². The van der Waals surface area contributed by atoms with Crippen molar-refractivity contribution in [1.82, 2.24) is 0 Å². The number of carbonyl (C=O) groups is 3. The quantitative estimate of drug-likeness (QED) is 0.0261. The summed E-state index contributed by atoms with van der Waals surface area (Å²) in [5, 5.41) is 0. The number of hydrogen-bond donors (Lipinski definition) is 0. The number of hydrogen-bond acceptors (Lipinski definition) is 6. The molecule has 0 radical (unpaired) electrons. The molecule has 0 amide bonds. The molecule has 6 nitrogen and oxygen atoms in total. The molecule has 0 aliphatic rings. The molecule has 0 aliphatic heterocycles. The van der Waals surface area contributed by atoms with Gasteiger partial charge in [0.05, 0.1) is 0 Å². The van der Waals surface area contributed by atoms with E-state index in [1.807, 2.05) is 0 Å². The van der Waals surface area contributed by atoms with Gasteiger partial charge in [-0.15, -0.1) is 0 Å². The SMILES string of the molecule is CC/C=C\C/C=C\C/C=C\C/C=C\C/C=C\CCCCCCCCCCCCCCCCCC(=O)OCC(COC(=O)CCCCCCCCCCCC)OC(=O)CCCCCCC/C=C\C/C=C\C/C=C\C/C=C\C/C=C\CC. The maximum absolute atomic E-state index is 12.9. The van der Waals surface area contributed by atoms with Gasteiger partial charge in [0, 0.05) is 19.3 Å². The number of ether oxygens (including phenoxy) is 3. The molecule has 0 N–H and O–H groups in total. The van der Waals surface area contributed by atoms with Crippen molar-refractivity contribution in [1.29, 1.82) is 0 Å². The topological polar surface area (TPSA) is 78.9 Å². The molecule has 0 bridgehead atoms. The smallest absolute Gasteiger partial charge is 0.306 e. The molecule has 0 saturated carbocycles. The van der Waals surface area contributed by atoms with Gasteiger partial charge < -0.3 is 14.2 Å². The van der Waals surface area contributed by atoms with E-state index in [1.165, 1.54) is 128 Å². The number of rotatable bonds is 60. The van der Waals surface area contributed by atoms with Gasteiger partial charge in [-0.25, -0.2) is 0 Å². The molecule has 0 aromatic heterocycles. The number of carbonyl (C=O) groups excluding carboxylic acids is 3. The van der Waals surface area contributed by atoms with Crippen molar-refractivity contribution in [2.75, 3.05) is 13.2 Å². The van der Waals surface area contributed by atoms with Crippen molar-refractivity contribution in [3.63, 3.8) is 0 Å². The number of esters is 3. The summed E-state index contributed by atoms with van der Waals surface area (Å²) in [6, 6.07) is 0. The standard InChI is InChI=1S/C74H124O6/c1-4-7-10-13-16-19-22-24-26-28-30-32-33-34-35-36-37-38-39-40-41-43-44-46-48-50-52-55-58-61-64-67-73(76)79-70-71(69-78-72(75)66-63-60-57-54-21-18-15-12-9-6-3)80-74(77)68-65-62-59-56-53-51-49-47-45-42-31-29-27-25-23-20-17-14-11-8-5-2/h7-8,10-11,16-17,19-20,24-27,30-32,34-35,42,47,49,71H,4-6,9,12-15,18,21-23,28-29,33,36-41,43-46,48,50-70H2,1-3H3/b10-7-,11-8-,19-16-,20-17-,26-24-,27-25-,32-30-,35-34-,42-31-,49-47-. The highest BCUT2D eigenvalue weighted by Gasteiger charge is 2.19. The van der Waals surface area contributed by atoms with Crippen LogP contribution < -0.4 is 0 Å². The van der Waals surface area contributed by atoms with E-state index < -0.39 is 6.10 Å². The van der Waals surface area contributed by atoms with E-state index in [0.29, 0.717) is 19.3 Å². The van der Waals surface area contributed by atoms with Gasteiger partial charge in [0.1, 0.15) is 13.2 Å². The zero-order chi connectivity index (χ0) is 57.8. The Hall–Kier alpha value is -4.19. The Balaban J connectivity index is 4.21. The van der Waals surface area contributed by atoms with E-state index in [9.17, 15) is 14.4 Å². The highest BCUT2D eigenvalue weighted by molar-refractivity contribution is 5.71. The van der Waals surface area contributed by atoms with Crippen molar-refractivity contribution in [2.45, 2.75) is 316 Å². The lowest BCUT2D eigenvalue weighted by Gasteiger charge is -2.18. The summed E-state index contributed by atoms with van der Waals surface area (Å²) in [6.45, 7) is 6.40. The Kier molecular flexibility index (Phi) is 63.8. The minimum absolute atomic E-state index is 0.0844. The van der Waals surface area contributed by atoms with E-state index in [1.54, 1.807) is 0 Å². The number of allylic oxidation sites excluding steroid dienone is 20. The van der Waals surface area contributed by atoms with E-state index in [4.69, 9.17) is 14.2 Å². The number of unbranched alkanes of at least 4 members (excludes halogenated alkanes) is 29. The fraction of sp³-hybridized carbons (Fsp3) is 0.689.